The average Bonchev–Trinajstić information content (AvgIpc) is 2.28. The number of rotatable bonds is 5. The summed E-state index contributed by atoms with van der Waals surface area (Å²) in [7, 11) is 0. The fraction of sp³-hybridized carbons (Fsp3) is 0.333. The molecular formula is C12H14N2O. The second-order valence-electron chi connectivity index (χ2n) is 3.24. The zero-order valence-electron chi connectivity index (χ0n) is 8.57. The number of amides is 1. The van der Waals surface area contributed by atoms with E-state index in [2.05, 4.69) is 5.32 Å². The number of hydrogen-bond donors (Lipinski definition) is 1. The molecule has 1 amide bonds. The van der Waals surface area contributed by atoms with Crippen LogP contribution in [0.15, 0.2) is 30.3 Å². The van der Waals surface area contributed by atoms with Gasteiger partial charge in [-0.3, -0.25) is 4.79 Å². The van der Waals surface area contributed by atoms with Crippen molar-refractivity contribution < 1.29 is 4.79 Å². The molecule has 0 heterocycles. The molecule has 0 atom stereocenters. The summed E-state index contributed by atoms with van der Waals surface area (Å²) in [5, 5.41) is 11.1. The van der Waals surface area contributed by atoms with Crippen molar-refractivity contribution in [3.05, 3.63) is 35.9 Å². The third-order valence-corrected chi connectivity index (χ3v) is 2.04. The molecule has 1 aromatic carbocycles. The van der Waals surface area contributed by atoms with Crippen molar-refractivity contribution in [1.29, 1.82) is 5.26 Å². The van der Waals surface area contributed by atoms with Crippen LogP contribution in [-0.2, 0) is 11.2 Å². The Kier molecular flexibility index (Phi) is 4.96. The smallest absolute Gasteiger partial charge is 0.221 e. The molecule has 0 aliphatic rings. The van der Waals surface area contributed by atoms with Gasteiger partial charge in [0.05, 0.1) is 6.07 Å². The van der Waals surface area contributed by atoms with Gasteiger partial charge in [0.1, 0.15) is 0 Å². The quantitative estimate of drug-likeness (QED) is 0.789. The summed E-state index contributed by atoms with van der Waals surface area (Å²) in [5.74, 6) is -0.0486. The topological polar surface area (TPSA) is 52.9 Å². The highest BCUT2D eigenvalue weighted by Crippen LogP contribution is 1.98. The molecule has 3 nitrogen and oxygen atoms in total. The van der Waals surface area contributed by atoms with Crippen molar-refractivity contribution in [1.82, 2.24) is 5.32 Å². The van der Waals surface area contributed by atoms with Crippen molar-refractivity contribution in [3.63, 3.8) is 0 Å². The third kappa shape index (κ3) is 4.82. The molecule has 1 aromatic rings. The molecule has 0 spiro atoms. The molecule has 78 valence electrons. The SMILES string of the molecule is N#CCCC(=O)NCCc1ccccc1. The number of hydrogen-bond acceptors (Lipinski definition) is 2. The molecule has 0 bridgehead atoms. The summed E-state index contributed by atoms with van der Waals surface area (Å²) in [6.07, 6.45) is 1.42. The van der Waals surface area contributed by atoms with E-state index >= 15 is 0 Å². The molecule has 1 N–H and O–H groups in total. The molecule has 0 radical (unpaired) electrons. The first-order valence-corrected chi connectivity index (χ1v) is 5.00. The highest BCUT2D eigenvalue weighted by molar-refractivity contribution is 5.76. The number of nitrogens with one attached hydrogen (secondary N) is 1. The first-order chi connectivity index (χ1) is 7.33. The predicted octanol–water partition coefficient (Wildman–Crippen LogP) is 1.65. The summed E-state index contributed by atoms with van der Waals surface area (Å²) in [4.78, 5) is 11.1. The predicted molar refractivity (Wildman–Crippen MR) is 58.0 cm³/mol. The summed E-state index contributed by atoms with van der Waals surface area (Å²) in [6, 6.07) is 11.9. The van der Waals surface area contributed by atoms with Gasteiger partial charge in [-0.1, -0.05) is 30.3 Å². The van der Waals surface area contributed by atoms with Crippen molar-refractivity contribution >= 4 is 5.91 Å². The second kappa shape index (κ2) is 6.61. The van der Waals surface area contributed by atoms with Gasteiger partial charge in [-0.05, 0) is 12.0 Å². The van der Waals surface area contributed by atoms with Crippen LogP contribution < -0.4 is 5.32 Å². The Morgan fingerprint density at radius 2 is 2.07 bits per heavy atom. The molecule has 15 heavy (non-hydrogen) atoms. The van der Waals surface area contributed by atoms with Gasteiger partial charge in [0.2, 0.25) is 5.91 Å². The van der Waals surface area contributed by atoms with E-state index in [-0.39, 0.29) is 12.3 Å². The van der Waals surface area contributed by atoms with Crippen LogP contribution in [0, 0.1) is 11.3 Å². The normalized spacial score (nSPS) is 9.27. The van der Waals surface area contributed by atoms with E-state index in [1.807, 2.05) is 36.4 Å². The van der Waals surface area contributed by atoms with Crippen LogP contribution in [0.25, 0.3) is 0 Å². The zero-order chi connectivity index (χ0) is 10.9. The summed E-state index contributed by atoms with van der Waals surface area (Å²) in [6.45, 7) is 0.633. The molecule has 0 fully saturated rings. The first kappa shape index (κ1) is 11.3. The molecule has 0 saturated carbocycles. The number of benzene rings is 1. The summed E-state index contributed by atoms with van der Waals surface area (Å²) >= 11 is 0. The third-order valence-electron chi connectivity index (χ3n) is 2.04. The van der Waals surface area contributed by atoms with E-state index in [9.17, 15) is 4.79 Å². The molecule has 0 aliphatic carbocycles. The van der Waals surface area contributed by atoms with Gasteiger partial charge in [0.25, 0.3) is 0 Å². The minimum absolute atomic E-state index is 0.0486. The first-order valence-electron chi connectivity index (χ1n) is 5.00. The maximum atomic E-state index is 11.1. The van der Waals surface area contributed by atoms with Crippen molar-refractivity contribution in [3.8, 4) is 6.07 Å². The maximum Gasteiger partial charge on any atom is 0.221 e. The number of carbonyl (C=O) groups is 1. The molecule has 0 aliphatic heterocycles. The van der Waals surface area contributed by atoms with E-state index in [0.717, 1.165) is 6.42 Å². The van der Waals surface area contributed by atoms with Crippen LogP contribution in [0.5, 0.6) is 0 Å². The highest BCUT2D eigenvalue weighted by atomic mass is 16.1. The van der Waals surface area contributed by atoms with Gasteiger partial charge in [-0.25, -0.2) is 0 Å². The van der Waals surface area contributed by atoms with E-state index in [1.165, 1.54) is 5.56 Å². The van der Waals surface area contributed by atoms with Gasteiger partial charge in [0, 0.05) is 19.4 Å². The fourth-order valence-corrected chi connectivity index (χ4v) is 1.25. The van der Waals surface area contributed by atoms with Crippen molar-refractivity contribution in [2.45, 2.75) is 19.3 Å². The molecule has 0 unspecified atom stereocenters. The lowest BCUT2D eigenvalue weighted by atomic mass is 10.1. The van der Waals surface area contributed by atoms with E-state index in [4.69, 9.17) is 5.26 Å². The fourth-order valence-electron chi connectivity index (χ4n) is 1.25. The molecule has 1 rings (SSSR count). The summed E-state index contributed by atoms with van der Waals surface area (Å²) in [5.41, 5.74) is 1.21. The molecule has 0 saturated heterocycles. The second-order valence-corrected chi connectivity index (χ2v) is 3.24. The van der Waals surface area contributed by atoms with Crippen LogP contribution in [0.4, 0.5) is 0 Å². The standard InChI is InChI=1S/C12H14N2O/c13-9-4-7-12(15)14-10-8-11-5-2-1-3-6-11/h1-3,5-6H,4,7-8,10H2,(H,14,15). The van der Waals surface area contributed by atoms with E-state index in [0.29, 0.717) is 13.0 Å². The van der Waals surface area contributed by atoms with Gasteiger partial charge in [0.15, 0.2) is 0 Å². The molecule has 3 heteroatoms. The lowest BCUT2D eigenvalue weighted by molar-refractivity contribution is -0.120. The van der Waals surface area contributed by atoms with Gasteiger partial charge in [-0.15, -0.1) is 0 Å². The number of nitrogens with zero attached hydrogens (tertiary/aromatic N) is 1. The summed E-state index contributed by atoms with van der Waals surface area (Å²) < 4.78 is 0. The van der Waals surface area contributed by atoms with Gasteiger partial charge >= 0.3 is 0 Å². The Morgan fingerprint density at radius 1 is 1.33 bits per heavy atom. The zero-order valence-corrected chi connectivity index (χ0v) is 8.57. The van der Waals surface area contributed by atoms with Crippen molar-refractivity contribution in [2.24, 2.45) is 0 Å². The Bertz CT molecular complexity index is 340. The Morgan fingerprint density at radius 3 is 2.73 bits per heavy atom. The number of nitriles is 1. The van der Waals surface area contributed by atoms with Gasteiger partial charge < -0.3 is 5.32 Å². The Labute approximate surface area is 89.7 Å². The molecular weight excluding hydrogens is 188 g/mol. The van der Waals surface area contributed by atoms with Crippen LogP contribution in [-0.4, -0.2) is 12.5 Å². The van der Waals surface area contributed by atoms with Crippen LogP contribution in [0.1, 0.15) is 18.4 Å². The van der Waals surface area contributed by atoms with Crippen LogP contribution in [0.3, 0.4) is 0 Å². The minimum atomic E-state index is -0.0486. The number of carbonyl (C=O) groups excluding carboxylic acids is 1. The Hall–Kier alpha value is -1.82. The maximum absolute atomic E-state index is 11.1. The lowest BCUT2D eigenvalue weighted by Crippen LogP contribution is -2.25. The van der Waals surface area contributed by atoms with Gasteiger partial charge in [-0.2, -0.15) is 5.26 Å². The highest BCUT2D eigenvalue weighted by Gasteiger charge is 1.99. The average molecular weight is 202 g/mol. The van der Waals surface area contributed by atoms with E-state index in [1.54, 1.807) is 0 Å². The lowest BCUT2D eigenvalue weighted by Gasteiger charge is -2.03. The van der Waals surface area contributed by atoms with Crippen LogP contribution in [0.2, 0.25) is 0 Å². The van der Waals surface area contributed by atoms with Crippen LogP contribution >= 0.6 is 0 Å². The minimum Gasteiger partial charge on any atom is -0.356 e. The molecule has 0 aromatic heterocycles. The van der Waals surface area contributed by atoms with Crippen molar-refractivity contribution in [2.75, 3.05) is 6.54 Å². The monoisotopic (exact) mass is 202 g/mol. The largest absolute Gasteiger partial charge is 0.356 e. The Balaban J connectivity index is 2.17. The van der Waals surface area contributed by atoms with E-state index < -0.39 is 0 Å².